The molecule has 0 aliphatic carbocycles. The molecule has 1 rings (SSSR count). The third kappa shape index (κ3) is 1.75. The monoisotopic (exact) mass is 164 g/mol. The van der Waals surface area contributed by atoms with Crippen molar-refractivity contribution in [3.05, 3.63) is 29.7 Å². The van der Waals surface area contributed by atoms with Crippen LogP contribution in [0, 0.1) is 0 Å². The van der Waals surface area contributed by atoms with Crippen molar-refractivity contribution in [3.8, 4) is 0 Å². The predicted octanol–water partition coefficient (Wildman–Crippen LogP) is 1.03. The molecule has 0 saturated carbocycles. The Balaban J connectivity index is 2.96. The number of aromatic nitrogens is 1. The molecule has 3 heteroatoms. The zero-order chi connectivity index (χ0) is 8.97. The van der Waals surface area contributed by atoms with Crippen molar-refractivity contribution in [1.29, 1.82) is 0 Å². The molecule has 0 amide bonds. The fourth-order valence-corrected chi connectivity index (χ4v) is 1.04. The average Bonchev–Trinajstić information content (AvgIpc) is 2.42. The zero-order valence-electron chi connectivity index (χ0n) is 7.24. The van der Waals surface area contributed by atoms with Crippen molar-refractivity contribution in [2.45, 2.75) is 0 Å². The molecule has 0 fully saturated rings. The number of hydrogen-bond donors (Lipinski definition) is 1. The molecular weight excluding hydrogens is 152 g/mol. The number of aryl methyl sites for hydroxylation is 1. The van der Waals surface area contributed by atoms with Crippen LogP contribution in [0.25, 0.3) is 6.08 Å². The van der Waals surface area contributed by atoms with Gasteiger partial charge in [0, 0.05) is 37.6 Å². The summed E-state index contributed by atoms with van der Waals surface area (Å²) >= 11 is 0. The molecule has 0 aromatic carbocycles. The molecule has 0 bridgehead atoms. The summed E-state index contributed by atoms with van der Waals surface area (Å²) in [6.07, 6.45) is 8.21. The Morgan fingerprint density at radius 2 is 2.08 bits per heavy atom. The van der Waals surface area contributed by atoms with Crippen molar-refractivity contribution >= 4 is 12.4 Å². The summed E-state index contributed by atoms with van der Waals surface area (Å²) in [6, 6.07) is 0. The Morgan fingerprint density at radius 1 is 1.42 bits per heavy atom. The van der Waals surface area contributed by atoms with Crippen molar-refractivity contribution in [2.24, 2.45) is 7.05 Å². The summed E-state index contributed by atoms with van der Waals surface area (Å²) in [7, 11) is 3.71. The van der Waals surface area contributed by atoms with Crippen LogP contribution >= 0.6 is 0 Å². The summed E-state index contributed by atoms with van der Waals surface area (Å²) in [5.74, 6) is 0. The molecular formula is C9H12N2O. The van der Waals surface area contributed by atoms with Gasteiger partial charge < -0.3 is 9.88 Å². The first-order valence-corrected chi connectivity index (χ1v) is 3.73. The van der Waals surface area contributed by atoms with Gasteiger partial charge in [-0.3, -0.25) is 4.79 Å². The van der Waals surface area contributed by atoms with E-state index in [2.05, 4.69) is 5.32 Å². The Kier molecular flexibility index (Phi) is 2.69. The van der Waals surface area contributed by atoms with Crippen LogP contribution in [0.1, 0.15) is 15.9 Å². The summed E-state index contributed by atoms with van der Waals surface area (Å²) in [5.41, 5.74) is 1.64. The predicted molar refractivity (Wildman–Crippen MR) is 48.9 cm³/mol. The Hall–Kier alpha value is -1.51. The number of aldehydes is 1. The zero-order valence-corrected chi connectivity index (χ0v) is 7.24. The maximum absolute atomic E-state index is 10.5. The minimum absolute atomic E-state index is 0.712. The van der Waals surface area contributed by atoms with Gasteiger partial charge in [-0.25, -0.2) is 0 Å². The molecule has 64 valence electrons. The van der Waals surface area contributed by atoms with Gasteiger partial charge in [-0.2, -0.15) is 0 Å². The van der Waals surface area contributed by atoms with Crippen molar-refractivity contribution in [2.75, 3.05) is 7.05 Å². The lowest BCUT2D eigenvalue weighted by molar-refractivity contribution is 0.112. The molecule has 0 saturated heterocycles. The summed E-state index contributed by atoms with van der Waals surface area (Å²) < 4.78 is 1.86. The molecule has 0 aliphatic heterocycles. The van der Waals surface area contributed by atoms with Gasteiger partial charge in [0.25, 0.3) is 0 Å². The van der Waals surface area contributed by atoms with Gasteiger partial charge in [0.1, 0.15) is 0 Å². The van der Waals surface area contributed by atoms with Crippen LogP contribution in [0.3, 0.4) is 0 Å². The summed E-state index contributed by atoms with van der Waals surface area (Å²) in [4.78, 5) is 10.5. The number of rotatable bonds is 3. The second-order valence-corrected chi connectivity index (χ2v) is 2.57. The third-order valence-electron chi connectivity index (χ3n) is 1.58. The van der Waals surface area contributed by atoms with E-state index in [1.165, 1.54) is 0 Å². The van der Waals surface area contributed by atoms with E-state index < -0.39 is 0 Å². The van der Waals surface area contributed by atoms with E-state index in [1.807, 2.05) is 30.9 Å². The van der Waals surface area contributed by atoms with Crippen LogP contribution in [0.2, 0.25) is 0 Å². The van der Waals surface area contributed by atoms with Gasteiger partial charge in [-0.1, -0.05) is 0 Å². The number of carbonyl (C=O) groups is 1. The van der Waals surface area contributed by atoms with Gasteiger partial charge in [0.15, 0.2) is 6.29 Å². The average molecular weight is 164 g/mol. The standard InChI is InChI=1S/C9H12N2O/c1-10-4-3-8-5-11(2)6-9(8)7-12/h3-7,10H,1-2H3/b4-3-. The number of nitrogens with one attached hydrogen (secondary N) is 1. The smallest absolute Gasteiger partial charge is 0.152 e. The van der Waals surface area contributed by atoms with E-state index in [9.17, 15) is 4.79 Å². The molecule has 0 unspecified atom stereocenters. The van der Waals surface area contributed by atoms with Crippen LogP contribution in [0.4, 0.5) is 0 Å². The Bertz CT molecular complexity index is 299. The minimum atomic E-state index is 0.712. The van der Waals surface area contributed by atoms with E-state index >= 15 is 0 Å². The van der Waals surface area contributed by atoms with Gasteiger partial charge in [-0.05, 0) is 12.3 Å². The number of hydrogen-bond acceptors (Lipinski definition) is 2. The maximum atomic E-state index is 10.5. The number of nitrogens with zero attached hydrogens (tertiary/aromatic N) is 1. The van der Waals surface area contributed by atoms with E-state index in [0.29, 0.717) is 5.56 Å². The highest BCUT2D eigenvalue weighted by molar-refractivity contribution is 5.81. The molecule has 1 aromatic heterocycles. The first-order valence-electron chi connectivity index (χ1n) is 3.73. The highest BCUT2D eigenvalue weighted by Gasteiger charge is 1.99. The highest BCUT2D eigenvalue weighted by atomic mass is 16.1. The van der Waals surface area contributed by atoms with Crippen molar-refractivity contribution < 1.29 is 4.79 Å². The lowest BCUT2D eigenvalue weighted by Crippen LogP contribution is -1.90. The lowest BCUT2D eigenvalue weighted by Gasteiger charge is -1.87. The summed E-state index contributed by atoms with van der Waals surface area (Å²) in [6.45, 7) is 0. The quantitative estimate of drug-likeness (QED) is 0.677. The maximum Gasteiger partial charge on any atom is 0.152 e. The summed E-state index contributed by atoms with van der Waals surface area (Å²) in [5, 5.41) is 2.87. The Labute approximate surface area is 71.7 Å². The molecule has 0 radical (unpaired) electrons. The van der Waals surface area contributed by atoms with E-state index in [-0.39, 0.29) is 0 Å². The van der Waals surface area contributed by atoms with E-state index in [0.717, 1.165) is 11.8 Å². The van der Waals surface area contributed by atoms with Crippen LogP contribution < -0.4 is 5.32 Å². The topological polar surface area (TPSA) is 34.0 Å². The Morgan fingerprint density at radius 3 is 2.67 bits per heavy atom. The molecule has 0 atom stereocenters. The fraction of sp³-hybridized carbons (Fsp3) is 0.222. The molecule has 0 aliphatic rings. The number of carbonyl (C=O) groups excluding carboxylic acids is 1. The van der Waals surface area contributed by atoms with Crippen molar-refractivity contribution in [3.63, 3.8) is 0 Å². The normalized spacial score (nSPS) is 10.5. The first-order chi connectivity index (χ1) is 5.77. The van der Waals surface area contributed by atoms with E-state index in [1.54, 1.807) is 12.4 Å². The van der Waals surface area contributed by atoms with E-state index in [4.69, 9.17) is 0 Å². The first kappa shape index (κ1) is 8.59. The van der Waals surface area contributed by atoms with Crippen LogP contribution in [-0.2, 0) is 7.05 Å². The highest BCUT2D eigenvalue weighted by Crippen LogP contribution is 2.08. The third-order valence-corrected chi connectivity index (χ3v) is 1.58. The minimum Gasteiger partial charge on any atom is -0.394 e. The second-order valence-electron chi connectivity index (χ2n) is 2.57. The molecule has 1 N–H and O–H groups in total. The fourth-order valence-electron chi connectivity index (χ4n) is 1.04. The molecule has 12 heavy (non-hydrogen) atoms. The van der Waals surface area contributed by atoms with Gasteiger partial charge in [0.05, 0.1) is 0 Å². The van der Waals surface area contributed by atoms with Gasteiger partial charge >= 0.3 is 0 Å². The molecule has 1 heterocycles. The van der Waals surface area contributed by atoms with Crippen LogP contribution in [0.15, 0.2) is 18.6 Å². The SMILES string of the molecule is CN/C=C\c1cn(C)cc1C=O. The van der Waals surface area contributed by atoms with Gasteiger partial charge in [0.2, 0.25) is 0 Å². The van der Waals surface area contributed by atoms with Crippen molar-refractivity contribution in [1.82, 2.24) is 9.88 Å². The van der Waals surface area contributed by atoms with Crippen LogP contribution in [-0.4, -0.2) is 17.9 Å². The molecule has 3 nitrogen and oxygen atoms in total. The lowest BCUT2D eigenvalue weighted by atomic mass is 10.2. The molecule has 0 spiro atoms. The second kappa shape index (κ2) is 3.76. The molecule has 1 aromatic rings. The largest absolute Gasteiger partial charge is 0.394 e. The van der Waals surface area contributed by atoms with Gasteiger partial charge in [-0.15, -0.1) is 0 Å². The van der Waals surface area contributed by atoms with Crippen LogP contribution in [0.5, 0.6) is 0 Å².